The number of benzene rings is 1. The molecule has 182 valence electrons. The van der Waals surface area contributed by atoms with E-state index in [-0.39, 0.29) is 28.7 Å². The Labute approximate surface area is 196 Å². The Morgan fingerprint density at radius 2 is 1.76 bits per heavy atom. The Bertz CT molecular complexity index is 964. The number of carbonyl (C=O) groups is 2. The van der Waals surface area contributed by atoms with Gasteiger partial charge in [0.1, 0.15) is 5.75 Å². The van der Waals surface area contributed by atoms with E-state index in [4.69, 9.17) is 4.74 Å². The zero-order valence-corrected chi connectivity index (χ0v) is 20.2. The fourth-order valence-electron chi connectivity index (χ4n) is 4.99. The fraction of sp³-hybridized carbons (Fsp3) is 0.667. The number of carbonyl (C=O) groups excluding carboxylic acids is 2. The first-order valence-electron chi connectivity index (χ1n) is 12.3. The molecule has 1 saturated heterocycles. The highest BCUT2D eigenvalue weighted by atomic mass is 32.2. The molecule has 0 radical (unpaired) electrons. The predicted molar refractivity (Wildman–Crippen MR) is 126 cm³/mol. The van der Waals surface area contributed by atoms with E-state index in [9.17, 15) is 18.0 Å². The van der Waals surface area contributed by atoms with Crippen LogP contribution in [0.15, 0.2) is 23.1 Å². The summed E-state index contributed by atoms with van der Waals surface area (Å²) in [5, 5.41) is 5.97. The summed E-state index contributed by atoms with van der Waals surface area (Å²) in [6, 6.07) is 4.83. The Morgan fingerprint density at radius 3 is 2.42 bits per heavy atom. The second-order valence-corrected chi connectivity index (χ2v) is 11.3. The Balaban J connectivity index is 1.35. The number of hydrogen-bond acceptors (Lipinski definition) is 5. The number of anilines is 1. The van der Waals surface area contributed by atoms with Gasteiger partial charge in [-0.2, -0.15) is 4.31 Å². The summed E-state index contributed by atoms with van der Waals surface area (Å²) >= 11 is 0. The third kappa shape index (κ3) is 5.51. The molecule has 0 bridgehead atoms. The third-order valence-electron chi connectivity index (χ3n) is 7.06. The summed E-state index contributed by atoms with van der Waals surface area (Å²) in [5.74, 6) is 0.126. The SMILES string of the molecule is CC[C@H]1Oc2ccc(S(=O)(=O)N3CCC(C(=O)NC4CCCCCCC4)CC3)cc2NC1=O. The maximum Gasteiger partial charge on any atom is 0.265 e. The molecule has 0 spiro atoms. The van der Waals surface area contributed by atoms with Crippen LogP contribution in [0.25, 0.3) is 0 Å². The fourth-order valence-corrected chi connectivity index (χ4v) is 6.48. The summed E-state index contributed by atoms with van der Waals surface area (Å²) < 4.78 is 33.5. The van der Waals surface area contributed by atoms with Crippen molar-refractivity contribution in [2.75, 3.05) is 18.4 Å². The van der Waals surface area contributed by atoms with Gasteiger partial charge in [0.25, 0.3) is 5.91 Å². The number of ether oxygens (including phenoxy) is 1. The van der Waals surface area contributed by atoms with Crippen LogP contribution in [-0.4, -0.2) is 49.8 Å². The molecule has 0 unspecified atom stereocenters. The Hall–Kier alpha value is -2.13. The second kappa shape index (κ2) is 10.4. The van der Waals surface area contributed by atoms with Crippen molar-refractivity contribution in [3.05, 3.63) is 18.2 Å². The normalized spacial score (nSPS) is 23.5. The van der Waals surface area contributed by atoms with Crippen molar-refractivity contribution < 1.29 is 22.7 Å². The van der Waals surface area contributed by atoms with Crippen molar-refractivity contribution in [3.8, 4) is 5.75 Å². The molecular weight excluding hydrogens is 442 g/mol. The van der Waals surface area contributed by atoms with Gasteiger partial charge in [0.15, 0.2) is 6.10 Å². The van der Waals surface area contributed by atoms with Gasteiger partial charge < -0.3 is 15.4 Å². The third-order valence-corrected chi connectivity index (χ3v) is 8.95. The molecule has 2 N–H and O–H groups in total. The number of rotatable bonds is 5. The molecule has 1 aromatic rings. The maximum atomic E-state index is 13.2. The molecule has 1 atom stereocenters. The minimum Gasteiger partial charge on any atom is -0.478 e. The van der Waals surface area contributed by atoms with Crippen LogP contribution < -0.4 is 15.4 Å². The number of piperidine rings is 1. The smallest absolute Gasteiger partial charge is 0.265 e. The first kappa shape index (κ1) is 24.0. The van der Waals surface area contributed by atoms with E-state index in [0.29, 0.717) is 43.8 Å². The van der Waals surface area contributed by atoms with Crippen molar-refractivity contribution >= 4 is 27.5 Å². The first-order valence-corrected chi connectivity index (χ1v) is 13.7. The number of nitrogens with one attached hydrogen (secondary N) is 2. The van der Waals surface area contributed by atoms with Crippen LogP contribution >= 0.6 is 0 Å². The summed E-state index contributed by atoms with van der Waals surface area (Å²) in [6.07, 6.45) is 9.16. The van der Waals surface area contributed by atoms with Gasteiger partial charge in [0.05, 0.1) is 10.6 Å². The number of fused-ring (bicyclic) bond motifs is 1. The molecule has 2 heterocycles. The summed E-state index contributed by atoms with van der Waals surface area (Å²) in [4.78, 5) is 25.0. The monoisotopic (exact) mass is 477 g/mol. The molecule has 1 saturated carbocycles. The highest BCUT2D eigenvalue weighted by Crippen LogP contribution is 2.34. The van der Waals surface area contributed by atoms with E-state index >= 15 is 0 Å². The standard InChI is InChI=1S/C24H35N3O5S/c1-2-21-24(29)26-20-16-19(10-11-22(20)32-21)33(30,31)27-14-12-17(13-15-27)23(28)25-18-8-6-4-3-5-7-9-18/h10-11,16-18,21H,2-9,12-15H2,1H3,(H,25,28)(H,26,29)/t21-/m1/s1. The van der Waals surface area contributed by atoms with Gasteiger partial charge in [-0.3, -0.25) is 9.59 Å². The van der Waals surface area contributed by atoms with Gasteiger partial charge in [0, 0.05) is 25.0 Å². The van der Waals surface area contributed by atoms with E-state index in [1.165, 1.54) is 35.7 Å². The van der Waals surface area contributed by atoms with Crippen LogP contribution in [0.4, 0.5) is 5.69 Å². The van der Waals surface area contributed by atoms with Gasteiger partial charge in [-0.15, -0.1) is 0 Å². The lowest BCUT2D eigenvalue weighted by molar-refractivity contribution is -0.127. The van der Waals surface area contributed by atoms with E-state index in [2.05, 4.69) is 10.6 Å². The van der Waals surface area contributed by atoms with Gasteiger partial charge in [-0.05, 0) is 50.3 Å². The molecule has 8 nitrogen and oxygen atoms in total. The molecule has 9 heteroatoms. The molecule has 2 aliphatic heterocycles. The molecule has 3 aliphatic rings. The summed E-state index contributed by atoms with van der Waals surface area (Å²) in [6.45, 7) is 2.47. The number of sulfonamides is 1. The van der Waals surface area contributed by atoms with Crippen molar-refractivity contribution in [3.63, 3.8) is 0 Å². The minimum atomic E-state index is -3.72. The zero-order chi connectivity index (χ0) is 23.4. The summed E-state index contributed by atoms with van der Waals surface area (Å²) in [7, 11) is -3.72. The molecular formula is C24H35N3O5S. The van der Waals surface area contributed by atoms with Crippen molar-refractivity contribution in [1.82, 2.24) is 9.62 Å². The van der Waals surface area contributed by atoms with Crippen LogP contribution in [0.3, 0.4) is 0 Å². The average molecular weight is 478 g/mol. The van der Waals surface area contributed by atoms with Crippen LogP contribution in [0.5, 0.6) is 5.75 Å². The topological polar surface area (TPSA) is 105 Å². The molecule has 2 amide bonds. The van der Waals surface area contributed by atoms with Crippen molar-refractivity contribution in [2.45, 2.75) is 88.2 Å². The minimum absolute atomic E-state index is 0.0664. The number of nitrogens with zero attached hydrogens (tertiary/aromatic N) is 1. The van der Waals surface area contributed by atoms with Gasteiger partial charge in [-0.25, -0.2) is 8.42 Å². The lowest BCUT2D eigenvalue weighted by Crippen LogP contribution is -2.45. The zero-order valence-electron chi connectivity index (χ0n) is 19.3. The Morgan fingerprint density at radius 1 is 1.09 bits per heavy atom. The van der Waals surface area contributed by atoms with Crippen LogP contribution in [-0.2, 0) is 19.6 Å². The number of amides is 2. The van der Waals surface area contributed by atoms with E-state index in [1.54, 1.807) is 6.07 Å². The predicted octanol–water partition coefficient (Wildman–Crippen LogP) is 3.43. The van der Waals surface area contributed by atoms with Gasteiger partial charge in [0.2, 0.25) is 15.9 Å². The molecule has 0 aromatic heterocycles. The maximum absolute atomic E-state index is 13.2. The molecule has 1 aliphatic carbocycles. The highest BCUT2D eigenvalue weighted by Gasteiger charge is 2.34. The Kier molecular flexibility index (Phi) is 7.58. The van der Waals surface area contributed by atoms with Crippen molar-refractivity contribution in [1.29, 1.82) is 0 Å². The largest absolute Gasteiger partial charge is 0.478 e. The van der Waals surface area contributed by atoms with Crippen LogP contribution in [0, 0.1) is 5.92 Å². The van der Waals surface area contributed by atoms with Crippen LogP contribution in [0.2, 0.25) is 0 Å². The van der Waals surface area contributed by atoms with Gasteiger partial charge >= 0.3 is 0 Å². The molecule has 2 fully saturated rings. The van der Waals surface area contributed by atoms with Crippen LogP contribution in [0.1, 0.15) is 71.1 Å². The highest BCUT2D eigenvalue weighted by molar-refractivity contribution is 7.89. The lowest BCUT2D eigenvalue weighted by Gasteiger charge is -2.32. The molecule has 1 aromatic carbocycles. The lowest BCUT2D eigenvalue weighted by atomic mass is 9.94. The van der Waals surface area contributed by atoms with E-state index in [1.807, 2.05) is 6.92 Å². The second-order valence-electron chi connectivity index (χ2n) is 9.39. The molecule has 4 rings (SSSR count). The molecule has 33 heavy (non-hydrogen) atoms. The van der Waals surface area contributed by atoms with Gasteiger partial charge in [-0.1, -0.05) is 39.0 Å². The quantitative estimate of drug-likeness (QED) is 0.676. The van der Waals surface area contributed by atoms with E-state index < -0.39 is 16.1 Å². The first-order chi connectivity index (χ1) is 15.9. The average Bonchev–Trinajstić information content (AvgIpc) is 2.79. The summed E-state index contributed by atoms with van der Waals surface area (Å²) in [5.41, 5.74) is 0.374. The van der Waals surface area contributed by atoms with Crippen molar-refractivity contribution in [2.24, 2.45) is 5.92 Å². The van der Waals surface area contributed by atoms with E-state index in [0.717, 1.165) is 25.7 Å². The number of hydrogen-bond donors (Lipinski definition) is 2.